The van der Waals surface area contributed by atoms with Crippen LogP contribution in [-0.2, 0) is 9.47 Å². The molecular weight excluding hydrogens is 368 g/mol. The van der Waals surface area contributed by atoms with Gasteiger partial charge in [0.25, 0.3) is 0 Å². The molecule has 0 saturated heterocycles. The van der Waals surface area contributed by atoms with E-state index in [-0.39, 0.29) is 0 Å². The van der Waals surface area contributed by atoms with Gasteiger partial charge in [-0.15, -0.1) is 0 Å². The van der Waals surface area contributed by atoms with E-state index in [4.69, 9.17) is 35.4 Å². The molecule has 8 nitrogen and oxygen atoms in total. The van der Waals surface area contributed by atoms with Crippen LogP contribution < -0.4 is 0 Å². The van der Waals surface area contributed by atoms with Crippen molar-refractivity contribution < 1.29 is 40.1 Å². The quantitative estimate of drug-likeness (QED) is 0.292. The molecule has 172 valence electrons. The summed E-state index contributed by atoms with van der Waals surface area (Å²) in [6.45, 7) is 8.11. The maximum absolute atomic E-state index is 8.79. The van der Waals surface area contributed by atoms with Crippen LogP contribution in [0, 0.1) is 11.8 Å². The van der Waals surface area contributed by atoms with Crippen molar-refractivity contribution in [3.8, 4) is 0 Å². The highest BCUT2D eigenvalue weighted by Crippen LogP contribution is 2.27. The highest BCUT2D eigenvalue weighted by Gasteiger charge is 2.19. The van der Waals surface area contributed by atoms with Gasteiger partial charge in [-0.05, 0) is 64.2 Å². The molecule has 1 aliphatic carbocycles. The van der Waals surface area contributed by atoms with Crippen molar-refractivity contribution in [2.24, 2.45) is 11.8 Å². The fraction of sp³-hybridized carbons (Fsp3) is 1.00. The van der Waals surface area contributed by atoms with E-state index in [9.17, 15) is 0 Å². The molecule has 1 saturated carbocycles. The van der Waals surface area contributed by atoms with Crippen molar-refractivity contribution >= 4 is 0 Å². The first kappa shape index (κ1) is 29.9. The maximum Gasteiger partial charge on any atom is 0.157 e. The molecule has 1 aliphatic rings. The summed E-state index contributed by atoms with van der Waals surface area (Å²) < 4.78 is 9.52. The summed E-state index contributed by atoms with van der Waals surface area (Å²) in [5, 5.41) is 52.4. The molecular formula is C20H44O8. The van der Waals surface area contributed by atoms with Gasteiger partial charge in [0.2, 0.25) is 0 Å². The largest absolute Gasteiger partial charge is 0.396 e. The minimum absolute atomic E-state index is 0.297. The Labute approximate surface area is 170 Å². The van der Waals surface area contributed by atoms with E-state index in [1.807, 2.05) is 0 Å². The fourth-order valence-electron chi connectivity index (χ4n) is 2.38. The summed E-state index contributed by atoms with van der Waals surface area (Å²) in [6.07, 6.45) is 2.90. The van der Waals surface area contributed by atoms with Crippen LogP contribution >= 0.6 is 0 Å². The van der Waals surface area contributed by atoms with E-state index in [0.29, 0.717) is 51.1 Å². The minimum Gasteiger partial charge on any atom is -0.396 e. The first-order valence-corrected chi connectivity index (χ1v) is 10.4. The van der Waals surface area contributed by atoms with Crippen molar-refractivity contribution in [2.45, 2.75) is 91.0 Å². The first-order chi connectivity index (χ1) is 13.2. The van der Waals surface area contributed by atoms with Crippen molar-refractivity contribution in [1.29, 1.82) is 0 Å². The molecule has 0 bridgehead atoms. The molecule has 0 heterocycles. The average molecular weight is 413 g/mol. The zero-order valence-electron chi connectivity index (χ0n) is 18.0. The van der Waals surface area contributed by atoms with Crippen LogP contribution in [0.25, 0.3) is 0 Å². The van der Waals surface area contributed by atoms with Crippen LogP contribution in [0.3, 0.4) is 0 Å². The summed E-state index contributed by atoms with van der Waals surface area (Å²) in [5.74, 6) is 1.03. The van der Waals surface area contributed by atoms with Gasteiger partial charge in [0.05, 0.1) is 25.4 Å². The smallest absolute Gasteiger partial charge is 0.157 e. The van der Waals surface area contributed by atoms with Gasteiger partial charge in [0.1, 0.15) is 0 Å². The van der Waals surface area contributed by atoms with Gasteiger partial charge in [-0.3, -0.25) is 0 Å². The van der Waals surface area contributed by atoms with Crippen molar-refractivity contribution in [3.63, 3.8) is 0 Å². The lowest BCUT2D eigenvalue weighted by molar-refractivity contribution is -0.208. The summed E-state index contributed by atoms with van der Waals surface area (Å²) >= 11 is 0. The highest BCUT2D eigenvalue weighted by atomic mass is 16.7. The van der Waals surface area contributed by atoms with Gasteiger partial charge in [-0.2, -0.15) is 0 Å². The summed E-state index contributed by atoms with van der Waals surface area (Å²) in [4.78, 5) is 0. The molecule has 0 spiro atoms. The molecule has 0 aromatic carbocycles. The molecule has 0 aliphatic heterocycles. The zero-order valence-corrected chi connectivity index (χ0v) is 18.0. The van der Waals surface area contributed by atoms with Crippen LogP contribution in [-0.4, -0.2) is 81.9 Å². The second kappa shape index (κ2) is 20.0. The second-order valence-corrected chi connectivity index (χ2v) is 7.35. The molecule has 6 N–H and O–H groups in total. The number of ether oxygens (including phenoxy) is 2. The predicted molar refractivity (Wildman–Crippen MR) is 107 cm³/mol. The minimum atomic E-state index is -0.819. The molecule has 1 fully saturated rings. The third-order valence-electron chi connectivity index (χ3n) is 4.21. The van der Waals surface area contributed by atoms with Crippen molar-refractivity contribution in [3.05, 3.63) is 0 Å². The molecule has 0 aromatic rings. The zero-order chi connectivity index (χ0) is 21.9. The van der Waals surface area contributed by atoms with Crippen LogP contribution in [0.15, 0.2) is 0 Å². The molecule has 4 atom stereocenters. The van der Waals surface area contributed by atoms with E-state index >= 15 is 0 Å². The SMILES string of the molecule is CC(O)COCC(C)O.CCC(O)OC(O)CC.OCC1CCC(CO)CC1. The normalized spacial score (nSPS) is 23.4. The standard InChI is InChI=1S/C8H16O2.2C6H14O3/c9-5-7-1-2-8(6-10)4-3-7;1-5(7)3-9-4-6(2)8;1-3-5(7)9-6(8)4-2/h7-10H,1-6H2;2*5-8H,3-4H2,1-2H3. The van der Waals surface area contributed by atoms with Crippen LogP contribution in [0.4, 0.5) is 0 Å². The summed E-state index contributed by atoms with van der Waals surface area (Å²) in [5.41, 5.74) is 0. The highest BCUT2D eigenvalue weighted by molar-refractivity contribution is 4.70. The monoisotopic (exact) mass is 412 g/mol. The molecule has 8 heteroatoms. The second-order valence-electron chi connectivity index (χ2n) is 7.35. The van der Waals surface area contributed by atoms with Gasteiger partial charge in [0, 0.05) is 13.2 Å². The average Bonchev–Trinajstić information content (AvgIpc) is 2.68. The Morgan fingerprint density at radius 2 is 1.04 bits per heavy atom. The molecule has 0 aromatic heterocycles. The predicted octanol–water partition coefficient (Wildman–Crippen LogP) is 1.00. The Bertz CT molecular complexity index is 279. The molecule has 1 rings (SSSR count). The Hall–Kier alpha value is -0.320. The maximum atomic E-state index is 8.79. The van der Waals surface area contributed by atoms with Crippen LogP contribution in [0.1, 0.15) is 66.2 Å². The third kappa shape index (κ3) is 20.4. The van der Waals surface area contributed by atoms with Crippen LogP contribution in [0.2, 0.25) is 0 Å². The van der Waals surface area contributed by atoms with E-state index in [1.54, 1.807) is 27.7 Å². The first-order valence-electron chi connectivity index (χ1n) is 10.4. The van der Waals surface area contributed by atoms with E-state index in [0.717, 1.165) is 25.7 Å². The number of hydrogen-bond donors (Lipinski definition) is 6. The summed E-state index contributed by atoms with van der Waals surface area (Å²) in [7, 11) is 0. The molecule has 0 radical (unpaired) electrons. The Morgan fingerprint density at radius 1 is 0.714 bits per heavy atom. The van der Waals surface area contributed by atoms with E-state index < -0.39 is 24.8 Å². The Kier molecular flexibility index (Phi) is 21.3. The van der Waals surface area contributed by atoms with Crippen molar-refractivity contribution in [2.75, 3.05) is 26.4 Å². The Balaban J connectivity index is 0. The number of rotatable bonds is 10. The number of aliphatic hydroxyl groups is 6. The lowest BCUT2D eigenvalue weighted by atomic mass is 9.83. The lowest BCUT2D eigenvalue weighted by Crippen LogP contribution is -2.19. The topological polar surface area (TPSA) is 140 Å². The van der Waals surface area contributed by atoms with Gasteiger partial charge in [0.15, 0.2) is 12.6 Å². The lowest BCUT2D eigenvalue weighted by Gasteiger charge is -2.25. The van der Waals surface area contributed by atoms with Crippen LogP contribution in [0.5, 0.6) is 0 Å². The third-order valence-corrected chi connectivity index (χ3v) is 4.21. The molecule has 0 amide bonds. The van der Waals surface area contributed by atoms with E-state index in [2.05, 4.69) is 4.74 Å². The number of aliphatic hydroxyl groups excluding tert-OH is 6. The van der Waals surface area contributed by atoms with E-state index in [1.165, 1.54) is 0 Å². The summed E-state index contributed by atoms with van der Waals surface area (Å²) in [6, 6.07) is 0. The van der Waals surface area contributed by atoms with Gasteiger partial charge >= 0.3 is 0 Å². The Morgan fingerprint density at radius 3 is 1.25 bits per heavy atom. The molecule has 4 unspecified atom stereocenters. The molecule has 28 heavy (non-hydrogen) atoms. The fourth-order valence-corrected chi connectivity index (χ4v) is 2.38. The van der Waals surface area contributed by atoms with Gasteiger partial charge in [-0.1, -0.05) is 13.8 Å². The number of hydrogen-bond acceptors (Lipinski definition) is 8. The van der Waals surface area contributed by atoms with Gasteiger partial charge < -0.3 is 40.1 Å². The van der Waals surface area contributed by atoms with Crippen molar-refractivity contribution in [1.82, 2.24) is 0 Å². The van der Waals surface area contributed by atoms with Gasteiger partial charge in [-0.25, -0.2) is 0 Å².